The summed E-state index contributed by atoms with van der Waals surface area (Å²) in [4.78, 5) is 12.6. The van der Waals surface area contributed by atoms with Gasteiger partial charge in [0.25, 0.3) is 5.91 Å². The summed E-state index contributed by atoms with van der Waals surface area (Å²) < 4.78 is 28.3. The maximum absolute atomic E-state index is 12.6. The zero-order valence-corrected chi connectivity index (χ0v) is 15.4. The monoisotopic (exact) mass is 381 g/mol. The van der Waals surface area contributed by atoms with Gasteiger partial charge in [0, 0.05) is 32.3 Å². The predicted octanol–water partition coefficient (Wildman–Crippen LogP) is 1.79. The Bertz CT molecular complexity index is 907. The number of aromatic nitrogens is 3. The quantitative estimate of drug-likeness (QED) is 0.852. The van der Waals surface area contributed by atoms with Gasteiger partial charge in [-0.3, -0.25) is 10.1 Å². The van der Waals surface area contributed by atoms with E-state index in [9.17, 15) is 13.2 Å². The van der Waals surface area contributed by atoms with Crippen LogP contribution in [-0.2, 0) is 17.1 Å². The summed E-state index contributed by atoms with van der Waals surface area (Å²) in [5.41, 5.74) is 0.279. The van der Waals surface area contributed by atoms with Crippen LogP contribution in [0.2, 0.25) is 0 Å². The van der Waals surface area contributed by atoms with E-state index in [0.29, 0.717) is 24.1 Å². The average Bonchev–Trinajstić information content (AvgIpc) is 3.00. The highest BCUT2D eigenvalue weighted by atomic mass is 32.2. The van der Waals surface area contributed by atoms with Gasteiger partial charge in [0.1, 0.15) is 15.6 Å². The molecule has 2 aromatic rings. The minimum absolute atomic E-state index is 0.151. The minimum atomic E-state index is -3.54. The maximum Gasteiger partial charge on any atom is 0.274 e. The zero-order valence-electron chi connectivity index (χ0n) is 13.8. The molecule has 0 bridgehead atoms. The topological polar surface area (TPSA) is 97.2 Å². The van der Waals surface area contributed by atoms with Crippen LogP contribution in [0.4, 0.5) is 5.13 Å². The smallest absolute Gasteiger partial charge is 0.274 e. The van der Waals surface area contributed by atoms with Crippen LogP contribution in [0.1, 0.15) is 47.1 Å². The van der Waals surface area contributed by atoms with Gasteiger partial charge < -0.3 is 4.57 Å². The van der Waals surface area contributed by atoms with E-state index in [4.69, 9.17) is 0 Å². The fourth-order valence-corrected chi connectivity index (χ4v) is 5.42. The third kappa shape index (κ3) is 3.21. The Kier molecular flexibility index (Phi) is 4.13. The molecule has 3 heterocycles. The third-order valence-corrected chi connectivity index (χ3v) is 7.37. The van der Waals surface area contributed by atoms with E-state index in [2.05, 4.69) is 15.5 Å². The molecular weight excluding hydrogens is 362 g/mol. The molecule has 0 aromatic carbocycles. The molecule has 2 aliphatic rings. The molecule has 10 heteroatoms. The van der Waals surface area contributed by atoms with E-state index in [0.717, 1.165) is 30.7 Å². The third-order valence-electron chi connectivity index (χ3n) is 4.50. The number of rotatable bonds is 5. The molecule has 1 N–H and O–H groups in total. The molecule has 8 nitrogen and oxygen atoms in total. The van der Waals surface area contributed by atoms with Gasteiger partial charge in [-0.1, -0.05) is 11.3 Å². The molecule has 1 amide bonds. The summed E-state index contributed by atoms with van der Waals surface area (Å²) in [5, 5.41) is 12.2. The maximum atomic E-state index is 12.6. The standard InChI is InChI=1S/C15H19N5O3S2/c1-19-9-11(25(22,23)20-6-2-3-7-20)8-12(19)13(21)16-15-18-17-14(24-15)10-4-5-10/h8-10H,2-7H2,1H3,(H,16,18,21). The van der Waals surface area contributed by atoms with Crippen LogP contribution >= 0.6 is 11.3 Å². The van der Waals surface area contributed by atoms with Crippen molar-refractivity contribution in [3.05, 3.63) is 23.0 Å². The lowest BCUT2D eigenvalue weighted by Gasteiger charge is -2.13. The first-order valence-electron chi connectivity index (χ1n) is 8.26. The van der Waals surface area contributed by atoms with Gasteiger partial charge in [0.05, 0.1) is 0 Å². The Morgan fingerprint density at radius 1 is 1.28 bits per heavy atom. The Balaban J connectivity index is 1.53. The summed E-state index contributed by atoms with van der Waals surface area (Å²) >= 11 is 1.38. The van der Waals surface area contributed by atoms with Crippen LogP contribution < -0.4 is 5.32 Å². The summed E-state index contributed by atoms with van der Waals surface area (Å²) in [6, 6.07) is 1.42. The Labute approximate surface area is 149 Å². The second-order valence-electron chi connectivity index (χ2n) is 6.46. The van der Waals surface area contributed by atoms with Crippen molar-refractivity contribution in [3.63, 3.8) is 0 Å². The van der Waals surface area contributed by atoms with Crippen molar-refractivity contribution >= 4 is 32.4 Å². The van der Waals surface area contributed by atoms with Crippen LogP contribution in [0, 0.1) is 0 Å². The predicted molar refractivity (Wildman–Crippen MR) is 93.2 cm³/mol. The van der Waals surface area contributed by atoms with Crippen molar-refractivity contribution in [2.45, 2.75) is 36.5 Å². The van der Waals surface area contributed by atoms with Crippen molar-refractivity contribution < 1.29 is 13.2 Å². The molecule has 0 unspecified atom stereocenters. The van der Waals surface area contributed by atoms with Crippen LogP contribution in [0.25, 0.3) is 0 Å². The molecule has 2 fully saturated rings. The Morgan fingerprint density at radius 2 is 2.00 bits per heavy atom. The first-order chi connectivity index (χ1) is 11.9. The lowest BCUT2D eigenvalue weighted by Crippen LogP contribution is -2.27. The molecule has 1 saturated carbocycles. The molecular formula is C15H19N5O3S2. The number of amides is 1. The number of aryl methyl sites for hydroxylation is 1. The Morgan fingerprint density at radius 3 is 2.68 bits per heavy atom. The second kappa shape index (κ2) is 6.19. The first kappa shape index (κ1) is 16.7. The van der Waals surface area contributed by atoms with E-state index in [1.54, 1.807) is 7.05 Å². The number of nitrogens with one attached hydrogen (secondary N) is 1. The highest BCUT2D eigenvalue weighted by Crippen LogP contribution is 2.42. The van der Waals surface area contributed by atoms with Gasteiger partial charge in [-0.05, 0) is 31.7 Å². The molecule has 1 aliphatic carbocycles. The molecule has 0 atom stereocenters. The van der Waals surface area contributed by atoms with E-state index in [-0.39, 0.29) is 16.5 Å². The summed E-state index contributed by atoms with van der Waals surface area (Å²) in [7, 11) is -1.88. The molecule has 2 aromatic heterocycles. The number of hydrogen-bond donors (Lipinski definition) is 1. The van der Waals surface area contributed by atoms with E-state index >= 15 is 0 Å². The van der Waals surface area contributed by atoms with Crippen molar-refractivity contribution in [2.24, 2.45) is 7.05 Å². The van der Waals surface area contributed by atoms with Crippen LogP contribution in [0.3, 0.4) is 0 Å². The second-order valence-corrected chi connectivity index (χ2v) is 9.40. The summed E-state index contributed by atoms with van der Waals surface area (Å²) in [5.74, 6) is 0.0965. The largest absolute Gasteiger partial charge is 0.345 e. The van der Waals surface area contributed by atoms with E-state index in [1.807, 2.05) is 0 Å². The van der Waals surface area contributed by atoms with Crippen molar-refractivity contribution in [1.29, 1.82) is 0 Å². The highest BCUT2D eigenvalue weighted by molar-refractivity contribution is 7.89. The fraction of sp³-hybridized carbons (Fsp3) is 0.533. The molecule has 1 aliphatic heterocycles. The highest BCUT2D eigenvalue weighted by Gasteiger charge is 2.30. The van der Waals surface area contributed by atoms with Crippen LogP contribution in [0.5, 0.6) is 0 Å². The van der Waals surface area contributed by atoms with E-state index < -0.39 is 10.0 Å². The lowest BCUT2D eigenvalue weighted by molar-refractivity contribution is 0.101. The average molecular weight is 381 g/mol. The summed E-state index contributed by atoms with van der Waals surface area (Å²) in [6.45, 7) is 1.07. The van der Waals surface area contributed by atoms with Crippen molar-refractivity contribution in [2.75, 3.05) is 18.4 Å². The number of nitrogens with zero attached hydrogens (tertiary/aromatic N) is 4. The SMILES string of the molecule is Cn1cc(S(=O)(=O)N2CCCC2)cc1C(=O)Nc1nnc(C2CC2)s1. The minimum Gasteiger partial charge on any atom is -0.345 e. The van der Waals surface area contributed by atoms with Gasteiger partial charge in [-0.15, -0.1) is 10.2 Å². The zero-order chi connectivity index (χ0) is 17.6. The van der Waals surface area contributed by atoms with Crippen molar-refractivity contribution in [3.8, 4) is 0 Å². The van der Waals surface area contributed by atoms with Gasteiger partial charge in [-0.2, -0.15) is 4.31 Å². The van der Waals surface area contributed by atoms with Gasteiger partial charge in [0.2, 0.25) is 15.2 Å². The molecule has 1 saturated heterocycles. The van der Waals surface area contributed by atoms with Crippen molar-refractivity contribution in [1.82, 2.24) is 19.1 Å². The molecule has 25 heavy (non-hydrogen) atoms. The normalized spacial score (nSPS) is 18.6. The van der Waals surface area contributed by atoms with Crippen LogP contribution in [-0.4, -0.2) is 46.5 Å². The lowest BCUT2D eigenvalue weighted by atomic mass is 10.4. The van der Waals surface area contributed by atoms with Gasteiger partial charge >= 0.3 is 0 Å². The fourth-order valence-electron chi connectivity index (χ4n) is 2.92. The number of carbonyl (C=O) groups excluding carboxylic acids is 1. The molecule has 0 spiro atoms. The summed E-state index contributed by atoms with van der Waals surface area (Å²) in [6.07, 6.45) is 5.48. The van der Waals surface area contributed by atoms with Gasteiger partial charge in [-0.25, -0.2) is 8.42 Å². The number of carbonyl (C=O) groups is 1. The molecule has 134 valence electrons. The van der Waals surface area contributed by atoms with E-state index in [1.165, 1.54) is 32.5 Å². The first-order valence-corrected chi connectivity index (χ1v) is 10.5. The van der Waals surface area contributed by atoms with Gasteiger partial charge in [0.15, 0.2) is 0 Å². The number of hydrogen-bond acceptors (Lipinski definition) is 6. The molecule has 4 rings (SSSR count). The number of sulfonamides is 1. The Hall–Kier alpha value is -1.78. The molecule has 0 radical (unpaired) electrons. The van der Waals surface area contributed by atoms with Crippen LogP contribution in [0.15, 0.2) is 17.2 Å². The number of anilines is 1.